The van der Waals surface area contributed by atoms with E-state index in [4.69, 9.17) is 10.6 Å². The average Bonchev–Trinajstić information content (AvgIpc) is 3.23. The first-order valence-corrected chi connectivity index (χ1v) is 7.40. The first kappa shape index (κ1) is 13.1. The summed E-state index contributed by atoms with van der Waals surface area (Å²) in [6.07, 6.45) is 2.40. The van der Waals surface area contributed by atoms with E-state index in [9.17, 15) is 0 Å². The van der Waals surface area contributed by atoms with Gasteiger partial charge >= 0.3 is 0 Å². The Kier molecular flexibility index (Phi) is 3.87. The predicted molar refractivity (Wildman–Crippen MR) is 76.5 cm³/mol. The number of nitrogens with one attached hydrogen (secondary N) is 1. The maximum absolute atomic E-state index is 5.86. The molecule has 5 atom stereocenters. The molecule has 0 aromatic heterocycles. The molecule has 2 aliphatic rings. The minimum Gasteiger partial charge on any atom is -0.381 e. The molecule has 5 unspecified atom stereocenters. The van der Waals surface area contributed by atoms with E-state index in [1.54, 1.807) is 0 Å². The van der Waals surface area contributed by atoms with Gasteiger partial charge in [-0.05, 0) is 42.1 Å². The largest absolute Gasteiger partial charge is 0.381 e. The Labute approximate surface area is 115 Å². The highest BCUT2D eigenvalue weighted by Crippen LogP contribution is 2.52. The van der Waals surface area contributed by atoms with Crippen molar-refractivity contribution in [1.29, 1.82) is 0 Å². The number of nitrogens with two attached hydrogens (primary N) is 1. The Bertz CT molecular complexity index is 408. The summed E-state index contributed by atoms with van der Waals surface area (Å²) in [4.78, 5) is 0. The molecular formula is C16H24N2O. The van der Waals surface area contributed by atoms with Crippen molar-refractivity contribution in [3.8, 4) is 0 Å². The van der Waals surface area contributed by atoms with Gasteiger partial charge < -0.3 is 4.74 Å². The molecule has 1 aromatic rings. The summed E-state index contributed by atoms with van der Waals surface area (Å²) in [5.41, 5.74) is 4.57. The van der Waals surface area contributed by atoms with Crippen LogP contribution in [0.25, 0.3) is 0 Å². The fourth-order valence-corrected chi connectivity index (χ4v) is 3.69. The van der Waals surface area contributed by atoms with E-state index in [1.807, 2.05) is 0 Å². The van der Waals surface area contributed by atoms with Crippen LogP contribution in [-0.2, 0) is 4.74 Å². The van der Waals surface area contributed by atoms with Crippen LogP contribution >= 0.6 is 0 Å². The highest BCUT2D eigenvalue weighted by molar-refractivity contribution is 5.27. The molecule has 2 fully saturated rings. The summed E-state index contributed by atoms with van der Waals surface area (Å²) >= 11 is 0. The van der Waals surface area contributed by atoms with Gasteiger partial charge in [0.15, 0.2) is 0 Å². The monoisotopic (exact) mass is 260 g/mol. The molecule has 1 aromatic carbocycles. The summed E-state index contributed by atoms with van der Waals surface area (Å²) in [6, 6.07) is 11.3. The molecule has 1 saturated heterocycles. The van der Waals surface area contributed by atoms with Gasteiger partial charge in [-0.2, -0.15) is 0 Å². The predicted octanol–water partition coefficient (Wildman–Crippen LogP) is 2.29. The topological polar surface area (TPSA) is 47.3 Å². The van der Waals surface area contributed by atoms with Crippen LogP contribution in [0, 0.1) is 17.8 Å². The Hall–Kier alpha value is -0.900. The standard InChI is InChI=1S/C16H24N2O/c1-11-10-19-8-7-13(11)16(18-17)15-9-14(15)12-5-3-2-4-6-12/h2-6,11,13-16,18H,7-10,17H2,1H3. The van der Waals surface area contributed by atoms with Crippen LogP contribution in [0.2, 0.25) is 0 Å². The van der Waals surface area contributed by atoms with Crippen LogP contribution in [0.15, 0.2) is 30.3 Å². The Morgan fingerprint density at radius 1 is 1.26 bits per heavy atom. The third kappa shape index (κ3) is 2.69. The first-order chi connectivity index (χ1) is 9.31. The van der Waals surface area contributed by atoms with Crippen LogP contribution in [0.1, 0.15) is 31.2 Å². The van der Waals surface area contributed by atoms with E-state index in [-0.39, 0.29) is 0 Å². The third-order valence-corrected chi connectivity index (χ3v) is 4.89. The minimum absolute atomic E-state index is 0.434. The summed E-state index contributed by atoms with van der Waals surface area (Å²) in [7, 11) is 0. The normalized spacial score (nSPS) is 35.9. The lowest BCUT2D eigenvalue weighted by Crippen LogP contribution is -2.47. The number of benzene rings is 1. The molecule has 1 aliphatic carbocycles. The summed E-state index contributed by atoms with van der Waals surface area (Å²) in [6.45, 7) is 4.05. The smallest absolute Gasteiger partial charge is 0.0494 e. The van der Waals surface area contributed by atoms with Gasteiger partial charge in [0, 0.05) is 19.3 Å². The number of hydrogen-bond acceptors (Lipinski definition) is 3. The van der Waals surface area contributed by atoms with E-state index in [0.29, 0.717) is 29.7 Å². The summed E-state index contributed by atoms with van der Waals surface area (Å²) < 4.78 is 5.55. The first-order valence-electron chi connectivity index (χ1n) is 7.40. The van der Waals surface area contributed by atoms with Gasteiger partial charge in [-0.3, -0.25) is 11.3 Å². The molecule has 0 bridgehead atoms. The van der Waals surface area contributed by atoms with E-state index < -0.39 is 0 Å². The van der Waals surface area contributed by atoms with Crippen molar-refractivity contribution < 1.29 is 4.74 Å². The molecule has 1 saturated carbocycles. The SMILES string of the molecule is CC1COCCC1C(NN)C1CC1c1ccccc1. The second-order valence-electron chi connectivity index (χ2n) is 6.11. The average molecular weight is 260 g/mol. The lowest BCUT2D eigenvalue weighted by Gasteiger charge is -2.35. The van der Waals surface area contributed by atoms with Crippen LogP contribution in [-0.4, -0.2) is 19.3 Å². The molecule has 1 heterocycles. The van der Waals surface area contributed by atoms with Gasteiger partial charge in [-0.25, -0.2) is 0 Å². The molecule has 3 rings (SSSR count). The zero-order valence-electron chi connectivity index (χ0n) is 11.6. The molecule has 104 valence electrons. The number of hydrogen-bond donors (Lipinski definition) is 2. The molecule has 0 amide bonds. The van der Waals surface area contributed by atoms with Gasteiger partial charge in [-0.15, -0.1) is 0 Å². The van der Waals surface area contributed by atoms with E-state index in [1.165, 1.54) is 12.0 Å². The van der Waals surface area contributed by atoms with Crippen molar-refractivity contribution in [2.75, 3.05) is 13.2 Å². The van der Waals surface area contributed by atoms with Gasteiger partial charge in [0.1, 0.15) is 0 Å². The second kappa shape index (κ2) is 5.61. The van der Waals surface area contributed by atoms with Crippen molar-refractivity contribution in [1.82, 2.24) is 5.43 Å². The van der Waals surface area contributed by atoms with Gasteiger partial charge in [-0.1, -0.05) is 37.3 Å². The second-order valence-corrected chi connectivity index (χ2v) is 6.11. The van der Waals surface area contributed by atoms with E-state index in [0.717, 1.165) is 19.6 Å². The molecule has 3 nitrogen and oxygen atoms in total. The molecule has 19 heavy (non-hydrogen) atoms. The number of rotatable bonds is 4. The molecular weight excluding hydrogens is 236 g/mol. The van der Waals surface area contributed by atoms with Crippen molar-refractivity contribution in [2.24, 2.45) is 23.6 Å². The number of ether oxygens (including phenoxy) is 1. The summed E-state index contributed by atoms with van der Waals surface area (Å²) in [5.74, 6) is 8.49. The van der Waals surface area contributed by atoms with Crippen LogP contribution in [0.4, 0.5) is 0 Å². The highest BCUT2D eigenvalue weighted by atomic mass is 16.5. The molecule has 3 heteroatoms. The van der Waals surface area contributed by atoms with Crippen molar-refractivity contribution in [3.63, 3.8) is 0 Å². The Morgan fingerprint density at radius 2 is 2.05 bits per heavy atom. The molecule has 3 N–H and O–H groups in total. The lowest BCUT2D eigenvalue weighted by molar-refractivity contribution is 0.00760. The van der Waals surface area contributed by atoms with Crippen LogP contribution in [0.5, 0.6) is 0 Å². The lowest BCUT2D eigenvalue weighted by atomic mass is 9.81. The fourth-order valence-electron chi connectivity index (χ4n) is 3.69. The zero-order valence-corrected chi connectivity index (χ0v) is 11.6. The van der Waals surface area contributed by atoms with Crippen molar-refractivity contribution in [2.45, 2.75) is 31.7 Å². The van der Waals surface area contributed by atoms with Gasteiger partial charge in [0.05, 0.1) is 0 Å². The van der Waals surface area contributed by atoms with E-state index in [2.05, 4.69) is 42.7 Å². The van der Waals surface area contributed by atoms with Gasteiger partial charge in [0.25, 0.3) is 0 Å². The van der Waals surface area contributed by atoms with E-state index >= 15 is 0 Å². The minimum atomic E-state index is 0.434. The van der Waals surface area contributed by atoms with Crippen molar-refractivity contribution >= 4 is 0 Å². The van der Waals surface area contributed by atoms with Crippen LogP contribution < -0.4 is 11.3 Å². The maximum atomic E-state index is 5.86. The third-order valence-electron chi connectivity index (χ3n) is 4.89. The van der Waals surface area contributed by atoms with Gasteiger partial charge in [0.2, 0.25) is 0 Å². The van der Waals surface area contributed by atoms with Crippen molar-refractivity contribution in [3.05, 3.63) is 35.9 Å². The number of hydrazine groups is 1. The summed E-state index contributed by atoms with van der Waals surface area (Å²) in [5, 5.41) is 0. The maximum Gasteiger partial charge on any atom is 0.0494 e. The zero-order chi connectivity index (χ0) is 13.2. The Balaban J connectivity index is 1.68. The molecule has 1 aliphatic heterocycles. The molecule has 0 radical (unpaired) electrons. The van der Waals surface area contributed by atoms with Crippen LogP contribution in [0.3, 0.4) is 0 Å². The fraction of sp³-hybridized carbons (Fsp3) is 0.625. The molecule has 0 spiro atoms. The Morgan fingerprint density at radius 3 is 2.74 bits per heavy atom. The highest BCUT2D eigenvalue weighted by Gasteiger charge is 2.47. The quantitative estimate of drug-likeness (QED) is 0.645.